The molecule has 0 bridgehead atoms. The van der Waals surface area contributed by atoms with Gasteiger partial charge in [0.1, 0.15) is 0 Å². The molecule has 5 nitrogen and oxygen atoms in total. The number of carbonyl (C=O) groups is 1. The number of halogens is 2. The van der Waals surface area contributed by atoms with Crippen LogP contribution in [-0.4, -0.2) is 59.8 Å². The molecule has 1 aliphatic heterocycles. The van der Waals surface area contributed by atoms with Crippen molar-refractivity contribution < 1.29 is 9.90 Å². The number of aryl methyl sites for hydroxylation is 1. The molecule has 7 heteroatoms. The van der Waals surface area contributed by atoms with Gasteiger partial charge in [-0.1, -0.05) is 30.3 Å². The highest BCUT2D eigenvalue weighted by Gasteiger charge is 2.35. The Hall–Kier alpha value is -0.850. The minimum Gasteiger partial charge on any atom is -0.368 e. The molecule has 126 valence electrons. The summed E-state index contributed by atoms with van der Waals surface area (Å²) < 4.78 is 0. The third kappa shape index (κ3) is 5.74. The van der Waals surface area contributed by atoms with Gasteiger partial charge in [-0.25, -0.2) is 0 Å². The van der Waals surface area contributed by atoms with Gasteiger partial charge in [-0.15, -0.1) is 24.8 Å². The van der Waals surface area contributed by atoms with Crippen LogP contribution in [0.15, 0.2) is 30.3 Å². The van der Waals surface area contributed by atoms with Gasteiger partial charge in [-0.2, -0.15) is 0 Å². The van der Waals surface area contributed by atoms with Crippen molar-refractivity contribution in [1.29, 1.82) is 0 Å². The molecule has 0 radical (unpaired) electrons. The Bertz CT molecular complexity index is 449. The molecular formula is C15H25Cl2N3O2. The van der Waals surface area contributed by atoms with Crippen molar-refractivity contribution in [3.8, 4) is 0 Å². The fraction of sp³-hybridized carbons (Fsp3) is 0.533. The van der Waals surface area contributed by atoms with E-state index in [1.54, 1.807) is 4.90 Å². The molecule has 1 amide bonds. The standard InChI is InChI=1S/C15H23N3O2.2ClH/c1-17-9-11-18(12-10-17)14(19)15(16,20)8-7-13-5-3-2-4-6-13;;/h2-6,20H,7-12,16H2,1H3;2*1H. The first-order valence-corrected chi connectivity index (χ1v) is 7.02. The average Bonchev–Trinajstić information content (AvgIpc) is 2.46. The molecule has 1 saturated heterocycles. The number of nitrogens with two attached hydrogens (primary N) is 1. The van der Waals surface area contributed by atoms with Gasteiger partial charge in [0.25, 0.3) is 5.91 Å². The number of amides is 1. The van der Waals surface area contributed by atoms with Gasteiger partial charge in [-0.05, 0) is 19.0 Å². The minimum absolute atomic E-state index is 0. The fourth-order valence-electron chi connectivity index (χ4n) is 2.37. The van der Waals surface area contributed by atoms with Crippen molar-refractivity contribution in [2.75, 3.05) is 33.2 Å². The summed E-state index contributed by atoms with van der Waals surface area (Å²) in [5.74, 6) is -0.360. The van der Waals surface area contributed by atoms with Crippen molar-refractivity contribution in [2.24, 2.45) is 5.73 Å². The lowest BCUT2D eigenvalue weighted by Crippen LogP contribution is -2.59. The van der Waals surface area contributed by atoms with Crippen LogP contribution >= 0.6 is 24.8 Å². The number of rotatable bonds is 4. The van der Waals surface area contributed by atoms with Crippen LogP contribution in [0.2, 0.25) is 0 Å². The molecule has 1 aliphatic rings. The van der Waals surface area contributed by atoms with Crippen LogP contribution in [0.25, 0.3) is 0 Å². The second-order valence-corrected chi connectivity index (χ2v) is 5.51. The quantitative estimate of drug-likeness (QED) is 0.791. The monoisotopic (exact) mass is 349 g/mol. The Labute approximate surface area is 144 Å². The maximum absolute atomic E-state index is 12.3. The highest BCUT2D eigenvalue weighted by molar-refractivity contribution is 5.85. The molecule has 0 saturated carbocycles. The zero-order valence-corrected chi connectivity index (χ0v) is 14.4. The summed E-state index contributed by atoms with van der Waals surface area (Å²) in [4.78, 5) is 16.1. The largest absolute Gasteiger partial charge is 0.368 e. The lowest BCUT2D eigenvalue weighted by atomic mass is 10.0. The number of aliphatic hydroxyl groups is 1. The normalized spacial score (nSPS) is 17.9. The number of piperazine rings is 1. The third-order valence-corrected chi connectivity index (χ3v) is 3.80. The van der Waals surface area contributed by atoms with E-state index >= 15 is 0 Å². The van der Waals surface area contributed by atoms with Crippen LogP contribution in [0.5, 0.6) is 0 Å². The first kappa shape index (κ1) is 21.1. The number of carbonyl (C=O) groups excluding carboxylic acids is 1. The van der Waals surface area contributed by atoms with E-state index in [0.29, 0.717) is 19.5 Å². The van der Waals surface area contributed by atoms with E-state index in [1.807, 2.05) is 37.4 Å². The summed E-state index contributed by atoms with van der Waals surface area (Å²) in [5.41, 5.74) is 5.12. The Morgan fingerprint density at radius 1 is 1.18 bits per heavy atom. The summed E-state index contributed by atoms with van der Waals surface area (Å²) in [6.45, 7) is 2.89. The van der Waals surface area contributed by atoms with E-state index in [0.717, 1.165) is 18.7 Å². The number of nitrogens with zero attached hydrogens (tertiary/aromatic N) is 2. The van der Waals surface area contributed by atoms with Crippen molar-refractivity contribution in [2.45, 2.75) is 18.6 Å². The van der Waals surface area contributed by atoms with Crippen LogP contribution < -0.4 is 5.73 Å². The van der Waals surface area contributed by atoms with Gasteiger partial charge in [0.15, 0.2) is 5.72 Å². The second kappa shape index (κ2) is 9.33. The zero-order chi connectivity index (χ0) is 14.6. The highest BCUT2D eigenvalue weighted by atomic mass is 35.5. The topological polar surface area (TPSA) is 69.8 Å². The van der Waals surface area contributed by atoms with Crippen molar-refractivity contribution >= 4 is 30.7 Å². The van der Waals surface area contributed by atoms with Crippen LogP contribution in [0.1, 0.15) is 12.0 Å². The minimum atomic E-state index is -1.77. The molecule has 0 aliphatic carbocycles. The zero-order valence-electron chi connectivity index (χ0n) is 12.8. The lowest BCUT2D eigenvalue weighted by Gasteiger charge is -2.36. The number of benzene rings is 1. The van der Waals surface area contributed by atoms with Crippen LogP contribution in [0.4, 0.5) is 0 Å². The highest BCUT2D eigenvalue weighted by Crippen LogP contribution is 2.14. The first-order valence-electron chi connectivity index (χ1n) is 7.02. The first-order chi connectivity index (χ1) is 9.49. The summed E-state index contributed by atoms with van der Waals surface area (Å²) in [5, 5.41) is 10.2. The molecule has 1 fully saturated rings. The van der Waals surface area contributed by atoms with Gasteiger partial charge in [0.05, 0.1) is 0 Å². The van der Waals surface area contributed by atoms with Gasteiger partial charge in [-0.3, -0.25) is 10.5 Å². The van der Waals surface area contributed by atoms with Crippen LogP contribution in [0, 0.1) is 0 Å². The van der Waals surface area contributed by atoms with Crippen LogP contribution in [0.3, 0.4) is 0 Å². The van der Waals surface area contributed by atoms with Crippen molar-refractivity contribution in [3.63, 3.8) is 0 Å². The predicted molar refractivity (Wildman–Crippen MR) is 92.5 cm³/mol. The van der Waals surface area contributed by atoms with Gasteiger partial charge in [0, 0.05) is 32.6 Å². The predicted octanol–water partition coefficient (Wildman–Crippen LogP) is 0.884. The second-order valence-electron chi connectivity index (χ2n) is 5.51. The average molecular weight is 350 g/mol. The number of hydrogen-bond donors (Lipinski definition) is 2. The van der Waals surface area contributed by atoms with E-state index in [9.17, 15) is 9.90 Å². The van der Waals surface area contributed by atoms with Crippen molar-refractivity contribution in [3.05, 3.63) is 35.9 Å². The summed E-state index contributed by atoms with van der Waals surface area (Å²) in [6.07, 6.45) is 0.829. The smallest absolute Gasteiger partial charge is 0.269 e. The maximum atomic E-state index is 12.3. The van der Waals surface area contributed by atoms with E-state index < -0.39 is 5.72 Å². The SMILES string of the molecule is CN1CCN(C(=O)C(N)(O)CCc2ccccc2)CC1.Cl.Cl. The summed E-state index contributed by atoms with van der Waals surface area (Å²) in [6, 6.07) is 9.75. The molecular weight excluding hydrogens is 325 g/mol. The van der Waals surface area contributed by atoms with E-state index in [2.05, 4.69) is 4.90 Å². The van der Waals surface area contributed by atoms with Gasteiger partial charge < -0.3 is 14.9 Å². The number of hydrogen-bond acceptors (Lipinski definition) is 4. The fourth-order valence-corrected chi connectivity index (χ4v) is 2.37. The Morgan fingerprint density at radius 3 is 2.27 bits per heavy atom. The molecule has 0 spiro atoms. The third-order valence-electron chi connectivity index (χ3n) is 3.80. The summed E-state index contributed by atoms with van der Waals surface area (Å²) in [7, 11) is 2.02. The maximum Gasteiger partial charge on any atom is 0.269 e. The lowest BCUT2D eigenvalue weighted by molar-refractivity contribution is -0.153. The number of likely N-dealkylation sites (N-methyl/N-ethyl adjacent to an activating group) is 1. The summed E-state index contributed by atoms with van der Waals surface area (Å²) >= 11 is 0. The Kier molecular flexibility index (Phi) is 8.96. The molecule has 1 heterocycles. The molecule has 1 aromatic rings. The molecule has 1 unspecified atom stereocenters. The Morgan fingerprint density at radius 2 is 1.73 bits per heavy atom. The van der Waals surface area contributed by atoms with E-state index in [1.165, 1.54) is 0 Å². The Balaban J connectivity index is 0.00000220. The molecule has 0 aromatic heterocycles. The molecule has 1 atom stereocenters. The van der Waals surface area contributed by atoms with Gasteiger partial charge in [0.2, 0.25) is 0 Å². The van der Waals surface area contributed by atoms with Crippen molar-refractivity contribution in [1.82, 2.24) is 9.80 Å². The molecule has 1 aromatic carbocycles. The molecule has 2 rings (SSSR count). The van der Waals surface area contributed by atoms with E-state index in [-0.39, 0.29) is 37.1 Å². The van der Waals surface area contributed by atoms with Gasteiger partial charge >= 0.3 is 0 Å². The van der Waals surface area contributed by atoms with Crippen LogP contribution in [-0.2, 0) is 11.2 Å². The molecule has 22 heavy (non-hydrogen) atoms. The van der Waals surface area contributed by atoms with E-state index in [4.69, 9.17) is 5.73 Å². The molecule has 3 N–H and O–H groups in total.